The standard InChI is InChI=1S/C32H41N3O18/c1-14(36)33-25-30(49-20(7)42)28(24(13-46-17(4)39)51-31(25)50-22-10-8-21(9-11-22)35(43)44)53-32-26(34-15(2)37)29(48-19(6)41)27(47-18(5)40)23(52-32)12-45-16(3)38/h8-11,23-32H,12-13H2,1-7H3,(H,33,36)(H,34,37)/t23?,24?,25?,26?,27-,28-,29?,30?,31-,32+/m1/s1. The number of nitro benzene ring substituents is 1. The molecule has 2 aliphatic rings. The van der Waals surface area contributed by atoms with Crippen LogP contribution in [0.5, 0.6) is 5.75 Å². The second-order valence-corrected chi connectivity index (χ2v) is 11.8. The predicted octanol–water partition coefficient (Wildman–Crippen LogP) is -0.261. The van der Waals surface area contributed by atoms with Crippen molar-refractivity contribution in [1.29, 1.82) is 0 Å². The second kappa shape index (κ2) is 18.9. The van der Waals surface area contributed by atoms with Gasteiger partial charge in [-0.05, 0) is 12.1 Å². The fraction of sp³-hybridized carbons (Fsp3) is 0.594. The third-order valence-electron chi connectivity index (χ3n) is 7.43. The van der Waals surface area contributed by atoms with Gasteiger partial charge in [-0.25, -0.2) is 0 Å². The lowest BCUT2D eigenvalue weighted by Gasteiger charge is -2.49. The van der Waals surface area contributed by atoms with Crippen molar-refractivity contribution >= 4 is 47.3 Å². The number of nitro groups is 1. The molecule has 3 rings (SSSR count). The maximum Gasteiger partial charge on any atom is 0.303 e. The lowest BCUT2D eigenvalue weighted by molar-refractivity contribution is -0.384. The van der Waals surface area contributed by atoms with E-state index in [9.17, 15) is 43.7 Å². The first-order valence-corrected chi connectivity index (χ1v) is 16.1. The second-order valence-electron chi connectivity index (χ2n) is 11.8. The molecule has 0 bridgehead atoms. The van der Waals surface area contributed by atoms with Crippen molar-refractivity contribution in [2.45, 2.75) is 110 Å². The van der Waals surface area contributed by atoms with Crippen LogP contribution in [0, 0.1) is 10.1 Å². The van der Waals surface area contributed by atoms with Gasteiger partial charge in [0, 0.05) is 60.6 Å². The van der Waals surface area contributed by atoms with Crippen molar-refractivity contribution in [3.63, 3.8) is 0 Å². The Kier molecular flexibility index (Phi) is 15.0. The van der Waals surface area contributed by atoms with Crippen LogP contribution in [-0.2, 0) is 71.5 Å². The van der Waals surface area contributed by atoms with Crippen LogP contribution in [0.2, 0.25) is 0 Å². The third-order valence-corrected chi connectivity index (χ3v) is 7.43. The molecular formula is C32H41N3O18. The van der Waals surface area contributed by atoms with Gasteiger partial charge in [0.05, 0.1) is 4.92 Å². The average Bonchev–Trinajstić information content (AvgIpc) is 3.03. The Bertz CT molecular complexity index is 1540. The van der Waals surface area contributed by atoms with Crippen molar-refractivity contribution in [2.75, 3.05) is 13.2 Å². The van der Waals surface area contributed by atoms with Gasteiger partial charge in [0.25, 0.3) is 5.69 Å². The fourth-order valence-electron chi connectivity index (χ4n) is 5.56. The first kappa shape index (κ1) is 42.0. The predicted molar refractivity (Wildman–Crippen MR) is 171 cm³/mol. The van der Waals surface area contributed by atoms with Gasteiger partial charge >= 0.3 is 29.8 Å². The van der Waals surface area contributed by atoms with Gasteiger partial charge in [-0.1, -0.05) is 0 Å². The normalized spacial score (nSPS) is 27.9. The van der Waals surface area contributed by atoms with Crippen molar-refractivity contribution in [3.8, 4) is 5.75 Å². The molecule has 6 unspecified atom stereocenters. The van der Waals surface area contributed by atoms with Crippen molar-refractivity contribution in [1.82, 2.24) is 10.6 Å². The summed E-state index contributed by atoms with van der Waals surface area (Å²) >= 11 is 0. The lowest BCUT2D eigenvalue weighted by atomic mass is 9.94. The number of ether oxygens (including phenoxy) is 9. The molecule has 10 atom stereocenters. The van der Waals surface area contributed by atoms with Crippen LogP contribution in [0.15, 0.2) is 24.3 Å². The quantitative estimate of drug-likeness (QED) is 0.107. The van der Waals surface area contributed by atoms with E-state index < -0.39 is 121 Å². The minimum absolute atomic E-state index is 0.0264. The number of carbonyl (C=O) groups is 7. The Morgan fingerprint density at radius 1 is 0.623 bits per heavy atom. The molecule has 2 aliphatic heterocycles. The molecule has 21 nitrogen and oxygen atoms in total. The highest BCUT2D eigenvalue weighted by atomic mass is 16.7. The Morgan fingerprint density at radius 3 is 1.47 bits per heavy atom. The van der Waals surface area contributed by atoms with Crippen LogP contribution >= 0.6 is 0 Å². The number of nitrogens with zero attached hydrogens (tertiary/aromatic N) is 1. The van der Waals surface area contributed by atoms with E-state index in [1.165, 1.54) is 12.1 Å². The SMILES string of the molecule is CC(=O)NC1C(OC(C)=O)[C@H](O[C@@H]2OC(COC(C)=O)[C@@H](OC(C)=O)C(OC(C)=O)C2NC(C)=O)C(COC(C)=O)O[C@H]1Oc1ccc([N+](=O)[O-])cc1. The molecule has 2 saturated heterocycles. The molecule has 21 heteroatoms. The van der Waals surface area contributed by atoms with Crippen LogP contribution in [-0.4, -0.2) is 121 Å². The van der Waals surface area contributed by atoms with Crippen LogP contribution < -0.4 is 15.4 Å². The van der Waals surface area contributed by atoms with Gasteiger partial charge in [-0.3, -0.25) is 43.7 Å². The summed E-state index contributed by atoms with van der Waals surface area (Å²) in [5.74, 6) is -5.45. The zero-order valence-electron chi connectivity index (χ0n) is 29.8. The van der Waals surface area contributed by atoms with Crippen molar-refractivity contribution in [2.24, 2.45) is 0 Å². The number of amides is 2. The van der Waals surface area contributed by atoms with Crippen LogP contribution in [0.1, 0.15) is 48.5 Å². The van der Waals surface area contributed by atoms with E-state index in [0.717, 1.165) is 60.6 Å². The molecule has 1 aromatic carbocycles. The van der Waals surface area contributed by atoms with E-state index >= 15 is 0 Å². The topological polar surface area (TPSA) is 270 Å². The average molecular weight is 756 g/mol. The van der Waals surface area contributed by atoms with Gasteiger partial charge < -0.3 is 53.3 Å². The molecule has 0 saturated carbocycles. The Balaban J connectivity index is 2.16. The van der Waals surface area contributed by atoms with Crippen LogP contribution in [0.3, 0.4) is 0 Å². The van der Waals surface area contributed by atoms with Gasteiger partial charge in [0.1, 0.15) is 49.4 Å². The smallest absolute Gasteiger partial charge is 0.303 e. The molecule has 292 valence electrons. The van der Waals surface area contributed by atoms with E-state index in [0.29, 0.717) is 0 Å². The molecule has 0 aliphatic carbocycles. The van der Waals surface area contributed by atoms with E-state index in [2.05, 4.69) is 10.6 Å². The van der Waals surface area contributed by atoms with E-state index in [1.807, 2.05) is 0 Å². The van der Waals surface area contributed by atoms with Gasteiger partial charge in [0.15, 0.2) is 24.6 Å². The maximum atomic E-state index is 12.6. The highest BCUT2D eigenvalue weighted by Crippen LogP contribution is 2.34. The Labute approximate surface area is 302 Å². The summed E-state index contributed by atoms with van der Waals surface area (Å²) in [5, 5.41) is 16.3. The summed E-state index contributed by atoms with van der Waals surface area (Å²) in [6.45, 7) is 6.47. The number of nitrogens with one attached hydrogen (secondary N) is 2. The van der Waals surface area contributed by atoms with Crippen LogP contribution in [0.25, 0.3) is 0 Å². The molecule has 2 amide bonds. The molecule has 0 spiro atoms. The molecule has 2 heterocycles. The number of carbonyl (C=O) groups excluding carboxylic acids is 7. The summed E-state index contributed by atoms with van der Waals surface area (Å²) in [6.07, 6.45) is -12.2. The molecule has 2 fully saturated rings. The highest BCUT2D eigenvalue weighted by Gasteiger charge is 2.56. The third kappa shape index (κ3) is 12.4. The number of esters is 5. The monoisotopic (exact) mass is 755 g/mol. The molecule has 2 N–H and O–H groups in total. The molecule has 53 heavy (non-hydrogen) atoms. The zero-order chi connectivity index (χ0) is 39.6. The summed E-state index contributed by atoms with van der Waals surface area (Å²) in [6, 6.07) is 1.92. The maximum absolute atomic E-state index is 12.6. The zero-order valence-corrected chi connectivity index (χ0v) is 29.8. The Hall–Kier alpha value is -5.41. The van der Waals surface area contributed by atoms with Crippen molar-refractivity contribution in [3.05, 3.63) is 34.4 Å². The van der Waals surface area contributed by atoms with E-state index in [-0.39, 0.29) is 11.4 Å². The molecule has 0 radical (unpaired) electrons. The molecular weight excluding hydrogens is 714 g/mol. The molecule has 1 aromatic rings. The molecule has 0 aromatic heterocycles. The minimum Gasteiger partial charge on any atom is -0.463 e. The number of non-ortho nitro benzene ring substituents is 1. The number of hydrogen-bond donors (Lipinski definition) is 2. The highest BCUT2D eigenvalue weighted by molar-refractivity contribution is 5.74. The number of hydrogen-bond acceptors (Lipinski definition) is 18. The first-order valence-electron chi connectivity index (χ1n) is 16.1. The van der Waals surface area contributed by atoms with E-state index in [4.69, 9.17) is 42.6 Å². The fourth-order valence-corrected chi connectivity index (χ4v) is 5.56. The van der Waals surface area contributed by atoms with Crippen molar-refractivity contribution < 1.29 is 81.1 Å². The van der Waals surface area contributed by atoms with E-state index in [1.54, 1.807) is 0 Å². The summed E-state index contributed by atoms with van der Waals surface area (Å²) < 4.78 is 51.6. The van der Waals surface area contributed by atoms with Gasteiger partial charge in [-0.15, -0.1) is 0 Å². The first-order chi connectivity index (χ1) is 24.9. The Morgan fingerprint density at radius 2 is 1.04 bits per heavy atom. The van der Waals surface area contributed by atoms with Crippen LogP contribution in [0.4, 0.5) is 5.69 Å². The number of benzene rings is 1. The van der Waals surface area contributed by atoms with Gasteiger partial charge in [0.2, 0.25) is 18.1 Å². The lowest BCUT2D eigenvalue weighted by Crippen LogP contribution is -2.71. The summed E-state index contributed by atoms with van der Waals surface area (Å²) in [7, 11) is 0. The number of rotatable bonds is 14. The van der Waals surface area contributed by atoms with Gasteiger partial charge in [-0.2, -0.15) is 0 Å². The summed E-state index contributed by atoms with van der Waals surface area (Å²) in [4.78, 5) is 96.5. The largest absolute Gasteiger partial charge is 0.463 e. The summed E-state index contributed by atoms with van der Waals surface area (Å²) in [5.41, 5.74) is -0.254. The minimum atomic E-state index is -1.72.